The lowest BCUT2D eigenvalue weighted by molar-refractivity contribution is -0.134. The molecule has 0 N–H and O–H groups in total. The number of benzene rings is 2. The number of hydrogen-bond donors (Lipinski definition) is 0. The molecule has 0 spiro atoms. The van der Waals surface area contributed by atoms with E-state index in [1.807, 2.05) is 18.2 Å². The molecule has 0 saturated carbocycles. The molecule has 26 heavy (non-hydrogen) atoms. The second-order valence-electron chi connectivity index (χ2n) is 6.45. The van der Waals surface area contributed by atoms with Gasteiger partial charge in [0.15, 0.2) is 0 Å². The summed E-state index contributed by atoms with van der Waals surface area (Å²) in [7, 11) is 1.65. The third-order valence-corrected chi connectivity index (χ3v) is 5.10. The third kappa shape index (κ3) is 3.96. The van der Waals surface area contributed by atoms with Crippen LogP contribution in [0.1, 0.15) is 28.8 Å². The van der Waals surface area contributed by atoms with E-state index >= 15 is 0 Å². The van der Waals surface area contributed by atoms with Gasteiger partial charge in [0.1, 0.15) is 11.9 Å². The molecule has 1 aliphatic heterocycles. The molecule has 0 aromatic heterocycles. The van der Waals surface area contributed by atoms with E-state index in [0.717, 1.165) is 10.9 Å². The summed E-state index contributed by atoms with van der Waals surface area (Å²) in [5.74, 6) is -0.647. The van der Waals surface area contributed by atoms with Crippen LogP contribution in [0.15, 0.2) is 53.0 Å². The minimum absolute atomic E-state index is 0.136. The number of rotatable bonds is 4. The van der Waals surface area contributed by atoms with Crippen molar-refractivity contribution < 1.29 is 14.0 Å². The van der Waals surface area contributed by atoms with E-state index in [0.29, 0.717) is 24.1 Å². The van der Waals surface area contributed by atoms with Crippen molar-refractivity contribution in [2.75, 3.05) is 13.6 Å². The van der Waals surface area contributed by atoms with Crippen molar-refractivity contribution in [2.45, 2.75) is 25.4 Å². The van der Waals surface area contributed by atoms with Crippen LogP contribution in [-0.4, -0.2) is 41.2 Å². The summed E-state index contributed by atoms with van der Waals surface area (Å²) in [5.41, 5.74) is 1.02. The highest BCUT2D eigenvalue weighted by molar-refractivity contribution is 9.10. The maximum Gasteiger partial charge on any atom is 0.254 e. The van der Waals surface area contributed by atoms with Crippen LogP contribution in [0, 0.1) is 5.82 Å². The standard InChI is InChI=1S/C20H20BrFN2O2/c1-23(13-15-12-16(21)9-10-17(15)22)20(26)18-8-5-11-24(18)19(25)14-6-3-2-4-7-14/h2-4,6-7,9-10,12,18H,5,8,11,13H2,1H3/t18-/m1/s1. The Bertz CT molecular complexity index is 813. The minimum Gasteiger partial charge on any atom is -0.340 e. The number of carbonyl (C=O) groups excluding carboxylic acids is 2. The summed E-state index contributed by atoms with van der Waals surface area (Å²) >= 11 is 3.32. The summed E-state index contributed by atoms with van der Waals surface area (Å²) in [6.45, 7) is 0.719. The van der Waals surface area contributed by atoms with E-state index in [1.54, 1.807) is 36.2 Å². The van der Waals surface area contributed by atoms with Crippen LogP contribution in [0.5, 0.6) is 0 Å². The first-order valence-corrected chi connectivity index (χ1v) is 9.31. The Morgan fingerprint density at radius 2 is 1.96 bits per heavy atom. The molecule has 0 radical (unpaired) electrons. The quantitative estimate of drug-likeness (QED) is 0.756. The van der Waals surface area contributed by atoms with Gasteiger partial charge in [0.25, 0.3) is 5.91 Å². The number of amides is 2. The van der Waals surface area contributed by atoms with E-state index in [-0.39, 0.29) is 24.2 Å². The van der Waals surface area contributed by atoms with Crippen molar-refractivity contribution in [3.63, 3.8) is 0 Å². The van der Waals surface area contributed by atoms with Gasteiger partial charge in [-0.15, -0.1) is 0 Å². The highest BCUT2D eigenvalue weighted by Crippen LogP contribution is 2.23. The maximum atomic E-state index is 14.0. The number of carbonyl (C=O) groups is 2. The monoisotopic (exact) mass is 418 g/mol. The van der Waals surface area contributed by atoms with Crippen molar-refractivity contribution >= 4 is 27.7 Å². The number of halogens is 2. The average molecular weight is 419 g/mol. The zero-order chi connectivity index (χ0) is 18.7. The predicted molar refractivity (Wildman–Crippen MR) is 101 cm³/mol. The molecule has 2 amide bonds. The van der Waals surface area contributed by atoms with E-state index < -0.39 is 6.04 Å². The molecule has 0 unspecified atom stereocenters. The van der Waals surface area contributed by atoms with Crippen LogP contribution in [0.4, 0.5) is 4.39 Å². The van der Waals surface area contributed by atoms with Crippen LogP contribution in [0.25, 0.3) is 0 Å². The van der Waals surface area contributed by atoms with Gasteiger partial charge in [-0.3, -0.25) is 9.59 Å². The Labute approximate surface area is 160 Å². The lowest BCUT2D eigenvalue weighted by Crippen LogP contribution is -2.46. The largest absolute Gasteiger partial charge is 0.340 e. The fourth-order valence-corrected chi connectivity index (χ4v) is 3.67. The number of likely N-dealkylation sites (tertiary alicyclic amines) is 1. The molecule has 1 heterocycles. The first-order chi connectivity index (χ1) is 12.5. The normalized spacial score (nSPS) is 16.6. The van der Waals surface area contributed by atoms with E-state index in [2.05, 4.69) is 15.9 Å². The Morgan fingerprint density at radius 1 is 1.23 bits per heavy atom. The molecule has 1 aliphatic rings. The summed E-state index contributed by atoms with van der Waals surface area (Å²) < 4.78 is 14.7. The van der Waals surface area contributed by atoms with Gasteiger partial charge in [-0.05, 0) is 43.2 Å². The number of nitrogens with zero attached hydrogens (tertiary/aromatic N) is 2. The van der Waals surface area contributed by atoms with E-state index in [4.69, 9.17) is 0 Å². The fraction of sp³-hybridized carbons (Fsp3) is 0.300. The van der Waals surface area contributed by atoms with Gasteiger partial charge in [0, 0.05) is 35.7 Å². The van der Waals surface area contributed by atoms with Crippen molar-refractivity contribution in [1.29, 1.82) is 0 Å². The Hall–Kier alpha value is -2.21. The highest BCUT2D eigenvalue weighted by atomic mass is 79.9. The lowest BCUT2D eigenvalue weighted by atomic mass is 10.1. The number of likely N-dealkylation sites (N-methyl/N-ethyl adjacent to an activating group) is 1. The SMILES string of the molecule is CN(Cc1cc(Br)ccc1F)C(=O)[C@H]1CCCN1C(=O)c1ccccc1. The molecule has 136 valence electrons. The molecule has 0 aliphatic carbocycles. The average Bonchev–Trinajstić information content (AvgIpc) is 3.13. The molecule has 2 aromatic rings. The fourth-order valence-electron chi connectivity index (χ4n) is 3.27. The molecule has 1 fully saturated rings. The van der Waals surface area contributed by atoms with E-state index in [1.165, 1.54) is 11.0 Å². The molecular formula is C20H20BrFN2O2. The molecule has 6 heteroatoms. The summed E-state index contributed by atoms with van der Waals surface area (Å²) in [6.07, 6.45) is 1.41. The van der Waals surface area contributed by atoms with E-state index in [9.17, 15) is 14.0 Å². The Balaban J connectivity index is 1.73. The van der Waals surface area contributed by atoms with Crippen LogP contribution < -0.4 is 0 Å². The van der Waals surface area contributed by atoms with Gasteiger partial charge in [-0.25, -0.2) is 4.39 Å². The highest BCUT2D eigenvalue weighted by Gasteiger charge is 2.36. The second kappa shape index (κ2) is 7.99. The van der Waals surface area contributed by atoms with Crippen molar-refractivity contribution in [3.05, 3.63) is 69.9 Å². The second-order valence-corrected chi connectivity index (χ2v) is 7.37. The molecule has 4 nitrogen and oxygen atoms in total. The van der Waals surface area contributed by atoms with Crippen LogP contribution in [0.3, 0.4) is 0 Å². The first-order valence-electron chi connectivity index (χ1n) is 8.52. The Kier molecular flexibility index (Phi) is 5.71. The van der Waals surface area contributed by atoms with Gasteiger partial charge in [0.05, 0.1) is 0 Å². The molecule has 1 saturated heterocycles. The minimum atomic E-state index is -0.497. The Morgan fingerprint density at radius 3 is 2.69 bits per heavy atom. The zero-order valence-electron chi connectivity index (χ0n) is 14.5. The molecule has 0 bridgehead atoms. The van der Waals surface area contributed by atoms with Crippen molar-refractivity contribution in [1.82, 2.24) is 9.80 Å². The summed E-state index contributed by atoms with van der Waals surface area (Å²) in [6, 6.07) is 13.1. The van der Waals surface area contributed by atoms with Gasteiger partial charge in [0.2, 0.25) is 5.91 Å². The van der Waals surface area contributed by atoms with Crippen LogP contribution >= 0.6 is 15.9 Å². The third-order valence-electron chi connectivity index (χ3n) is 4.61. The van der Waals surface area contributed by atoms with Crippen LogP contribution in [-0.2, 0) is 11.3 Å². The zero-order valence-corrected chi connectivity index (χ0v) is 16.1. The van der Waals surface area contributed by atoms with Gasteiger partial charge in [-0.2, -0.15) is 0 Å². The molecule has 3 rings (SSSR count). The van der Waals surface area contributed by atoms with Crippen molar-refractivity contribution in [3.8, 4) is 0 Å². The molecular weight excluding hydrogens is 399 g/mol. The first kappa shape index (κ1) is 18.6. The topological polar surface area (TPSA) is 40.6 Å². The lowest BCUT2D eigenvalue weighted by Gasteiger charge is -2.28. The van der Waals surface area contributed by atoms with Gasteiger partial charge < -0.3 is 9.80 Å². The van der Waals surface area contributed by atoms with Gasteiger partial charge in [-0.1, -0.05) is 34.1 Å². The van der Waals surface area contributed by atoms with Crippen molar-refractivity contribution in [2.24, 2.45) is 0 Å². The molecule has 2 aromatic carbocycles. The molecule has 1 atom stereocenters. The summed E-state index contributed by atoms with van der Waals surface area (Å²) in [5, 5.41) is 0. The van der Waals surface area contributed by atoms with Crippen LogP contribution in [0.2, 0.25) is 0 Å². The summed E-state index contributed by atoms with van der Waals surface area (Å²) in [4.78, 5) is 28.7. The predicted octanol–water partition coefficient (Wildman–Crippen LogP) is 3.85. The maximum absolute atomic E-state index is 14.0. The number of hydrogen-bond acceptors (Lipinski definition) is 2. The smallest absolute Gasteiger partial charge is 0.254 e. The van der Waals surface area contributed by atoms with Gasteiger partial charge >= 0.3 is 0 Å².